The molecule has 0 bridgehead atoms. The summed E-state index contributed by atoms with van der Waals surface area (Å²) in [5.41, 5.74) is 2.50. The normalized spacial score (nSPS) is 11.4. The Balaban J connectivity index is 1.50. The number of imidazole rings is 1. The summed E-state index contributed by atoms with van der Waals surface area (Å²) in [6, 6.07) is 7.16. The first-order valence-corrected chi connectivity index (χ1v) is 8.37. The molecule has 5 rings (SSSR count). The maximum absolute atomic E-state index is 5.86. The second-order valence-corrected chi connectivity index (χ2v) is 5.98. The fourth-order valence-corrected chi connectivity index (χ4v) is 2.75. The molecule has 0 aliphatic carbocycles. The molecule has 0 N–H and O–H groups in total. The zero-order chi connectivity index (χ0) is 19.1. The van der Waals surface area contributed by atoms with Crippen molar-refractivity contribution in [2.24, 2.45) is 0 Å². The van der Waals surface area contributed by atoms with Crippen LogP contribution >= 0.6 is 0 Å². The van der Waals surface area contributed by atoms with E-state index in [9.17, 15) is 0 Å². The van der Waals surface area contributed by atoms with Crippen LogP contribution in [0.25, 0.3) is 22.8 Å². The Morgan fingerprint density at radius 1 is 1.11 bits per heavy atom. The van der Waals surface area contributed by atoms with Gasteiger partial charge in [0.15, 0.2) is 22.7 Å². The van der Waals surface area contributed by atoms with E-state index in [0.717, 1.165) is 5.65 Å². The molecule has 5 heterocycles. The van der Waals surface area contributed by atoms with Gasteiger partial charge in [0.25, 0.3) is 5.88 Å². The van der Waals surface area contributed by atoms with Crippen molar-refractivity contribution in [2.75, 3.05) is 7.11 Å². The fourth-order valence-electron chi connectivity index (χ4n) is 2.75. The molecule has 11 heteroatoms. The maximum Gasteiger partial charge on any atom is 0.275 e. The molecule has 0 saturated heterocycles. The monoisotopic (exact) mass is 378 g/mol. The first-order valence-electron chi connectivity index (χ1n) is 8.37. The summed E-state index contributed by atoms with van der Waals surface area (Å²) in [7, 11) is 1.54. The van der Waals surface area contributed by atoms with Crippen LogP contribution in [0.1, 0.15) is 11.5 Å². The van der Waals surface area contributed by atoms with Gasteiger partial charge in [0.2, 0.25) is 5.82 Å². The Morgan fingerprint density at radius 3 is 2.86 bits per heavy atom. The summed E-state index contributed by atoms with van der Waals surface area (Å²) in [6.45, 7) is 2.00. The van der Waals surface area contributed by atoms with E-state index in [1.807, 2.05) is 12.1 Å². The van der Waals surface area contributed by atoms with Crippen LogP contribution in [-0.4, -0.2) is 46.7 Å². The number of fused-ring (bicyclic) bond motifs is 2. The minimum atomic E-state index is 0.198. The summed E-state index contributed by atoms with van der Waals surface area (Å²) >= 11 is 0. The Bertz CT molecular complexity index is 1290. The second-order valence-electron chi connectivity index (χ2n) is 5.98. The van der Waals surface area contributed by atoms with Crippen molar-refractivity contribution < 1.29 is 14.0 Å². The van der Waals surface area contributed by atoms with Gasteiger partial charge in [0.05, 0.1) is 12.8 Å². The van der Waals surface area contributed by atoms with Crippen LogP contribution < -0.4 is 9.47 Å². The lowest BCUT2D eigenvalue weighted by Crippen LogP contribution is -2.06. The highest BCUT2D eigenvalue weighted by atomic mass is 16.5. The standard InChI is InChI=1S/C17H14N8O3/c1-10-7-12(23-28-10)16-20-19-15-8-13(26-2)17(22-25(15)16)27-9-11-3-4-14-18-5-6-24(14)21-11/h3-8H,9H2,1-2H3. The zero-order valence-corrected chi connectivity index (χ0v) is 15.0. The van der Waals surface area contributed by atoms with Gasteiger partial charge >= 0.3 is 0 Å². The van der Waals surface area contributed by atoms with E-state index in [2.05, 4.69) is 30.5 Å². The molecule has 0 fully saturated rings. The molecule has 5 aromatic heterocycles. The molecule has 0 atom stereocenters. The molecule has 5 aromatic rings. The van der Waals surface area contributed by atoms with Crippen molar-refractivity contribution in [1.82, 2.24) is 39.6 Å². The Hall–Kier alpha value is -4.02. The quantitative estimate of drug-likeness (QED) is 0.450. The number of ether oxygens (including phenoxy) is 2. The molecular formula is C17H14N8O3. The van der Waals surface area contributed by atoms with Crippen molar-refractivity contribution in [3.8, 4) is 23.1 Å². The molecule has 0 aromatic carbocycles. The molecule has 0 aliphatic heterocycles. The van der Waals surface area contributed by atoms with E-state index < -0.39 is 0 Å². The highest BCUT2D eigenvalue weighted by molar-refractivity contribution is 5.56. The summed E-state index contributed by atoms with van der Waals surface area (Å²) in [5.74, 6) is 1.82. The Kier molecular flexibility index (Phi) is 3.64. The van der Waals surface area contributed by atoms with Crippen molar-refractivity contribution in [3.05, 3.63) is 48.1 Å². The summed E-state index contributed by atoms with van der Waals surface area (Å²) in [6.07, 6.45) is 3.46. The third-order valence-electron chi connectivity index (χ3n) is 4.07. The van der Waals surface area contributed by atoms with Gasteiger partial charge in [-0.3, -0.25) is 0 Å². The van der Waals surface area contributed by atoms with Crippen LogP contribution in [0.15, 0.2) is 41.2 Å². The molecule has 28 heavy (non-hydrogen) atoms. The lowest BCUT2D eigenvalue weighted by Gasteiger charge is -2.09. The topological polar surface area (TPSA) is 118 Å². The second kappa shape index (κ2) is 6.30. The van der Waals surface area contributed by atoms with Crippen LogP contribution in [-0.2, 0) is 6.61 Å². The van der Waals surface area contributed by atoms with Gasteiger partial charge < -0.3 is 14.0 Å². The van der Waals surface area contributed by atoms with Crippen molar-refractivity contribution in [3.63, 3.8) is 0 Å². The van der Waals surface area contributed by atoms with Gasteiger partial charge in [-0.25, -0.2) is 9.50 Å². The summed E-state index contributed by atoms with van der Waals surface area (Å²) in [4.78, 5) is 4.17. The SMILES string of the molecule is COc1cc2nnc(-c3cc(C)on3)n2nc1OCc1ccc2nccn2n1. The largest absolute Gasteiger partial charge is 0.491 e. The number of aromatic nitrogens is 8. The van der Waals surface area contributed by atoms with E-state index in [-0.39, 0.29) is 12.5 Å². The first-order chi connectivity index (χ1) is 13.7. The molecule has 0 saturated carbocycles. The lowest BCUT2D eigenvalue weighted by atomic mass is 10.3. The fraction of sp³-hybridized carbons (Fsp3) is 0.176. The number of aryl methyl sites for hydroxylation is 1. The molecular weight excluding hydrogens is 364 g/mol. The molecule has 11 nitrogen and oxygen atoms in total. The minimum Gasteiger partial charge on any atom is -0.491 e. The number of rotatable bonds is 5. The average Bonchev–Trinajstić information content (AvgIpc) is 3.43. The smallest absolute Gasteiger partial charge is 0.275 e. The third kappa shape index (κ3) is 2.69. The highest BCUT2D eigenvalue weighted by Gasteiger charge is 2.18. The Morgan fingerprint density at radius 2 is 2.04 bits per heavy atom. The van der Waals surface area contributed by atoms with Crippen LogP contribution in [0, 0.1) is 6.92 Å². The van der Waals surface area contributed by atoms with Gasteiger partial charge in [-0.2, -0.15) is 9.61 Å². The van der Waals surface area contributed by atoms with Gasteiger partial charge in [0, 0.05) is 24.5 Å². The van der Waals surface area contributed by atoms with Crippen LogP contribution in [0.4, 0.5) is 0 Å². The van der Waals surface area contributed by atoms with E-state index in [0.29, 0.717) is 34.4 Å². The number of hydrogen-bond acceptors (Lipinski definition) is 9. The molecule has 140 valence electrons. The average molecular weight is 378 g/mol. The van der Waals surface area contributed by atoms with E-state index in [1.165, 1.54) is 11.6 Å². The zero-order valence-electron chi connectivity index (χ0n) is 15.0. The van der Waals surface area contributed by atoms with Gasteiger partial charge in [-0.15, -0.1) is 15.3 Å². The van der Waals surface area contributed by atoms with Crippen molar-refractivity contribution >= 4 is 11.3 Å². The lowest BCUT2D eigenvalue weighted by molar-refractivity contribution is 0.263. The predicted octanol–water partition coefficient (Wildman–Crippen LogP) is 1.72. The number of methoxy groups -OCH3 is 1. The third-order valence-corrected chi connectivity index (χ3v) is 4.07. The van der Waals surface area contributed by atoms with Crippen LogP contribution in [0.3, 0.4) is 0 Å². The molecule has 0 spiro atoms. The predicted molar refractivity (Wildman–Crippen MR) is 94.9 cm³/mol. The van der Waals surface area contributed by atoms with Crippen LogP contribution in [0.2, 0.25) is 0 Å². The molecule has 0 amide bonds. The number of nitrogens with zero attached hydrogens (tertiary/aromatic N) is 8. The van der Waals surface area contributed by atoms with E-state index >= 15 is 0 Å². The molecule has 0 unspecified atom stereocenters. The van der Waals surface area contributed by atoms with Gasteiger partial charge in [0.1, 0.15) is 12.4 Å². The molecule has 0 aliphatic rings. The van der Waals surface area contributed by atoms with Crippen molar-refractivity contribution in [1.29, 1.82) is 0 Å². The highest BCUT2D eigenvalue weighted by Crippen LogP contribution is 2.28. The summed E-state index contributed by atoms with van der Waals surface area (Å²) in [5, 5.41) is 21.1. The van der Waals surface area contributed by atoms with Crippen LogP contribution in [0.5, 0.6) is 11.6 Å². The van der Waals surface area contributed by atoms with Gasteiger partial charge in [-0.1, -0.05) is 5.16 Å². The van der Waals surface area contributed by atoms with Gasteiger partial charge in [-0.05, 0) is 19.1 Å². The minimum absolute atomic E-state index is 0.198. The van der Waals surface area contributed by atoms with E-state index in [1.54, 1.807) is 36.0 Å². The summed E-state index contributed by atoms with van der Waals surface area (Å²) < 4.78 is 19.6. The van der Waals surface area contributed by atoms with E-state index in [4.69, 9.17) is 14.0 Å². The number of hydrogen-bond donors (Lipinski definition) is 0. The molecule has 0 radical (unpaired) electrons. The maximum atomic E-state index is 5.86. The van der Waals surface area contributed by atoms with Crippen molar-refractivity contribution in [2.45, 2.75) is 13.5 Å². The first kappa shape index (κ1) is 16.2. The Labute approximate surface area is 157 Å².